The van der Waals surface area contributed by atoms with Crippen LogP contribution in [0.1, 0.15) is 47.9 Å². The molecule has 1 atom stereocenters. The number of fused-ring (bicyclic) bond motifs is 1. The van der Waals surface area contributed by atoms with E-state index in [0.717, 1.165) is 12.8 Å². The first-order chi connectivity index (χ1) is 11.3. The lowest BCUT2D eigenvalue weighted by Crippen LogP contribution is -2.31. The van der Waals surface area contributed by atoms with E-state index < -0.39 is 0 Å². The van der Waals surface area contributed by atoms with Crippen molar-refractivity contribution < 1.29 is 18.8 Å². The zero-order chi connectivity index (χ0) is 15.8. The van der Waals surface area contributed by atoms with Crippen LogP contribution in [-0.4, -0.2) is 34.3 Å². The fourth-order valence-electron chi connectivity index (χ4n) is 3.02. The number of hydrogen-bond acceptors (Lipinski definition) is 6. The average Bonchev–Trinajstić information content (AvgIpc) is 3.31. The number of aryl methyl sites for hydroxylation is 1. The minimum atomic E-state index is -0.128. The third-order valence-electron chi connectivity index (χ3n) is 4.22. The molecular weight excluding hydrogens is 298 g/mol. The maximum atomic E-state index is 12.9. The van der Waals surface area contributed by atoms with E-state index in [2.05, 4.69) is 10.1 Å². The van der Waals surface area contributed by atoms with Gasteiger partial charge in [-0.05, 0) is 31.0 Å². The first kappa shape index (κ1) is 14.0. The van der Waals surface area contributed by atoms with Gasteiger partial charge in [0.1, 0.15) is 0 Å². The Labute approximate surface area is 133 Å². The first-order valence-electron chi connectivity index (χ1n) is 7.79. The molecule has 1 aromatic heterocycles. The van der Waals surface area contributed by atoms with Crippen molar-refractivity contribution in [2.45, 2.75) is 32.2 Å². The number of ether oxygens (including phenoxy) is 2. The Hall–Kier alpha value is -2.57. The predicted octanol–water partition coefficient (Wildman–Crippen LogP) is 2.34. The van der Waals surface area contributed by atoms with E-state index in [0.29, 0.717) is 41.7 Å². The van der Waals surface area contributed by atoms with Crippen LogP contribution in [0.25, 0.3) is 0 Å². The molecule has 7 heteroatoms. The van der Waals surface area contributed by atoms with E-state index in [1.165, 1.54) is 0 Å². The van der Waals surface area contributed by atoms with Crippen molar-refractivity contribution in [3.8, 4) is 11.5 Å². The van der Waals surface area contributed by atoms with Crippen molar-refractivity contribution in [2.75, 3.05) is 13.3 Å². The Morgan fingerprint density at radius 2 is 2.22 bits per heavy atom. The number of amides is 1. The molecule has 7 nitrogen and oxygen atoms in total. The van der Waals surface area contributed by atoms with Crippen LogP contribution in [0.4, 0.5) is 0 Å². The summed E-state index contributed by atoms with van der Waals surface area (Å²) in [4.78, 5) is 19.0. The number of carbonyl (C=O) groups is 1. The molecule has 0 radical (unpaired) electrons. The third kappa shape index (κ3) is 2.42. The summed E-state index contributed by atoms with van der Waals surface area (Å²) in [5, 5.41) is 4.03. The molecule has 1 fully saturated rings. The molecule has 120 valence electrons. The number of carbonyl (C=O) groups excluding carboxylic acids is 1. The summed E-state index contributed by atoms with van der Waals surface area (Å²) in [6.07, 6.45) is 2.46. The number of likely N-dealkylation sites (tertiary alicyclic amines) is 1. The quantitative estimate of drug-likeness (QED) is 0.865. The largest absolute Gasteiger partial charge is 0.454 e. The van der Waals surface area contributed by atoms with Gasteiger partial charge in [-0.2, -0.15) is 4.98 Å². The topological polar surface area (TPSA) is 77.7 Å². The Morgan fingerprint density at radius 1 is 1.35 bits per heavy atom. The summed E-state index contributed by atoms with van der Waals surface area (Å²) in [6.45, 7) is 2.84. The zero-order valence-electron chi connectivity index (χ0n) is 12.8. The molecule has 0 bridgehead atoms. The summed E-state index contributed by atoms with van der Waals surface area (Å²) < 4.78 is 15.8. The van der Waals surface area contributed by atoms with Gasteiger partial charge in [-0.15, -0.1) is 0 Å². The minimum absolute atomic E-state index is 0.0475. The molecule has 23 heavy (non-hydrogen) atoms. The van der Waals surface area contributed by atoms with E-state index in [1.807, 2.05) is 11.8 Å². The lowest BCUT2D eigenvalue weighted by molar-refractivity contribution is 0.0728. The van der Waals surface area contributed by atoms with E-state index in [9.17, 15) is 4.79 Å². The van der Waals surface area contributed by atoms with Gasteiger partial charge in [0.2, 0.25) is 12.7 Å². The number of aromatic nitrogens is 2. The van der Waals surface area contributed by atoms with Crippen LogP contribution in [-0.2, 0) is 6.42 Å². The Morgan fingerprint density at radius 3 is 3.04 bits per heavy atom. The summed E-state index contributed by atoms with van der Waals surface area (Å²) in [5.41, 5.74) is 0.584. The fourth-order valence-corrected chi connectivity index (χ4v) is 3.02. The Balaban J connectivity index is 1.59. The molecule has 0 aliphatic carbocycles. The molecule has 1 amide bonds. The van der Waals surface area contributed by atoms with Gasteiger partial charge in [-0.1, -0.05) is 12.1 Å². The van der Waals surface area contributed by atoms with Crippen LogP contribution in [0, 0.1) is 0 Å². The highest BCUT2D eigenvalue weighted by atomic mass is 16.7. The molecule has 2 aromatic rings. The van der Waals surface area contributed by atoms with Crippen LogP contribution < -0.4 is 9.47 Å². The van der Waals surface area contributed by atoms with Gasteiger partial charge < -0.3 is 18.9 Å². The highest BCUT2D eigenvalue weighted by molar-refractivity contribution is 5.95. The predicted molar refractivity (Wildman–Crippen MR) is 79.3 cm³/mol. The van der Waals surface area contributed by atoms with Crippen molar-refractivity contribution in [3.05, 3.63) is 35.5 Å². The number of rotatable bonds is 3. The highest BCUT2D eigenvalue weighted by Gasteiger charge is 2.34. The lowest BCUT2D eigenvalue weighted by atomic mass is 10.1. The second-order valence-corrected chi connectivity index (χ2v) is 5.62. The maximum absolute atomic E-state index is 12.9. The van der Waals surface area contributed by atoms with Gasteiger partial charge >= 0.3 is 0 Å². The summed E-state index contributed by atoms with van der Waals surface area (Å²) in [5.74, 6) is 2.43. The second-order valence-electron chi connectivity index (χ2n) is 5.62. The molecule has 2 aliphatic heterocycles. The van der Waals surface area contributed by atoms with Crippen molar-refractivity contribution >= 4 is 5.91 Å². The van der Waals surface area contributed by atoms with Gasteiger partial charge in [-0.3, -0.25) is 4.79 Å². The van der Waals surface area contributed by atoms with Crippen molar-refractivity contribution in [2.24, 2.45) is 0 Å². The fraction of sp³-hybridized carbons (Fsp3) is 0.438. The minimum Gasteiger partial charge on any atom is -0.454 e. The average molecular weight is 315 g/mol. The summed E-state index contributed by atoms with van der Waals surface area (Å²) >= 11 is 0. The molecular formula is C16H17N3O4. The zero-order valence-corrected chi connectivity index (χ0v) is 12.8. The van der Waals surface area contributed by atoms with Crippen molar-refractivity contribution in [1.82, 2.24) is 15.0 Å². The molecule has 0 saturated carbocycles. The van der Waals surface area contributed by atoms with Crippen LogP contribution in [0.15, 0.2) is 22.7 Å². The molecule has 0 spiro atoms. The Bertz CT molecular complexity index is 743. The summed E-state index contributed by atoms with van der Waals surface area (Å²) in [6, 6.07) is 5.13. The maximum Gasteiger partial charge on any atom is 0.254 e. The number of nitrogens with zero attached hydrogens (tertiary/aromatic N) is 3. The van der Waals surface area contributed by atoms with Crippen molar-refractivity contribution in [3.63, 3.8) is 0 Å². The van der Waals surface area contributed by atoms with Crippen LogP contribution in [0.3, 0.4) is 0 Å². The standard InChI is InChI=1S/C16H17N3O4/c1-2-14-17-15(18-23-14)11-4-3-7-19(11)16(20)10-5-6-12-13(8-10)22-9-21-12/h5-6,8,11H,2-4,7,9H2,1H3/t11-/m0/s1. The molecule has 4 rings (SSSR count). The van der Waals surface area contributed by atoms with Gasteiger partial charge in [0.15, 0.2) is 17.3 Å². The lowest BCUT2D eigenvalue weighted by Gasteiger charge is -2.22. The van der Waals surface area contributed by atoms with Crippen LogP contribution in [0.5, 0.6) is 11.5 Å². The SMILES string of the molecule is CCc1nc([C@@H]2CCCN2C(=O)c2ccc3c(c2)OCO3)no1. The Kier molecular flexibility index (Phi) is 3.40. The summed E-state index contributed by atoms with van der Waals surface area (Å²) in [7, 11) is 0. The van der Waals surface area contributed by atoms with Crippen LogP contribution >= 0.6 is 0 Å². The van der Waals surface area contributed by atoms with E-state index in [-0.39, 0.29) is 18.7 Å². The second kappa shape index (κ2) is 5.57. The molecule has 0 N–H and O–H groups in total. The third-order valence-corrected chi connectivity index (χ3v) is 4.22. The van der Waals surface area contributed by atoms with Gasteiger partial charge in [-0.25, -0.2) is 0 Å². The van der Waals surface area contributed by atoms with Gasteiger partial charge in [0.25, 0.3) is 5.91 Å². The molecule has 1 aromatic carbocycles. The highest BCUT2D eigenvalue weighted by Crippen LogP contribution is 2.35. The molecule has 2 aliphatic rings. The number of hydrogen-bond donors (Lipinski definition) is 0. The van der Waals surface area contributed by atoms with E-state index >= 15 is 0 Å². The van der Waals surface area contributed by atoms with Gasteiger partial charge in [0, 0.05) is 18.5 Å². The molecule has 1 saturated heterocycles. The van der Waals surface area contributed by atoms with E-state index in [1.54, 1.807) is 18.2 Å². The van der Waals surface area contributed by atoms with E-state index in [4.69, 9.17) is 14.0 Å². The first-order valence-corrected chi connectivity index (χ1v) is 7.79. The van der Waals surface area contributed by atoms with Gasteiger partial charge in [0.05, 0.1) is 6.04 Å². The normalized spacial score (nSPS) is 19.3. The van der Waals surface area contributed by atoms with Crippen LogP contribution in [0.2, 0.25) is 0 Å². The molecule has 3 heterocycles. The smallest absolute Gasteiger partial charge is 0.254 e. The number of benzene rings is 1. The van der Waals surface area contributed by atoms with Crippen molar-refractivity contribution in [1.29, 1.82) is 0 Å². The monoisotopic (exact) mass is 315 g/mol. The molecule has 0 unspecified atom stereocenters.